The zero-order chi connectivity index (χ0) is 19.0. The van der Waals surface area contributed by atoms with Crippen LogP contribution in [0.1, 0.15) is 61.2 Å². The number of hydrogen-bond donors (Lipinski definition) is 1. The summed E-state index contributed by atoms with van der Waals surface area (Å²) in [6, 6.07) is 4.35. The number of carbonyl (C=O) groups is 1. The number of fused-ring (bicyclic) bond motifs is 1. The molecule has 0 bridgehead atoms. The number of carbonyl (C=O) groups excluding carboxylic acids is 1. The van der Waals surface area contributed by atoms with Crippen molar-refractivity contribution >= 4 is 29.5 Å². The highest BCUT2D eigenvalue weighted by Gasteiger charge is 2.30. The molecule has 1 N–H and O–H groups in total. The van der Waals surface area contributed by atoms with Crippen LogP contribution in [0, 0.1) is 0 Å². The maximum Gasteiger partial charge on any atom is 0.283 e. The molecule has 137 valence electrons. The van der Waals surface area contributed by atoms with Gasteiger partial charge in [-0.15, -0.1) is 0 Å². The first kappa shape index (κ1) is 20.1. The lowest BCUT2D eigenvalue weighted by Crippen LogP contribution is -2.53. The second kappa shape index (κ2) is 7.21. The standard InChI is InChI=1S/C20H32NO2Si2/c1-9-14-10-15-12-16(20(2,3)4)13-18(17(15)11-14)19(22)21-25(7,8)23-24(5)6/h10,12-13H,9,11H2,1-8H3,(H,21,22). The third-order valence-electron chi connectivity index (χ3n) is 4.49. The zero-order valence-corrected chi connectivity index (χ0v) is 19.0. The Morgan fingerprint density at radius 2 is 1.92 bits per heavy atom. The molecule has 0 aromatic heterocycles. The second-order valence-electron chi connectivity index (χ2n) is 8.65. The van der Waals surface area contributed by atoms with Crippen LogP contribution in [0.2, 0.25) is 26.2 Å². The Labute approximate surface area is 155 Å². The van der Waals surface area contributed by atoms with Gasteiger partial charge in [-0.25, -0.2) is 0 Å². The molecule has 1 aliphatic carbocycles. The van der Waals surface area contributed by atoms with E-state index < -0.39 is 17.5 Å². The predicted molar refractivity (Wildman–Crippen MR) is 111 cm³/mol. The van der Waals surface area contributed by atoms with Crippen molar-refractivity contribution in [3.8, 4) is 0 Å². The largest absolute Gasteiger partial charge is 0.441 e. The van der Waals surface area contributed by atoms with Gasteiger partial charge in [0.05, 0.1) is 0 Å². The molecule has 0 spiro atoms. The molecule has 0 saturated heterocycles. The summed E-state index contributed by atoms with van der Waals surface area (Å²) in [4.78, 5) is 16.3. The van der Waals surface area contributed by atoms with E-state index in [0.717, 1.165) is 18.4 Å². The molecule has 1 radical (unpaired) electrons. The smallest absolute Gasteiger partial charge is 0.283 e. The van der Waals surface area contributed by atoms with Gasteiger partial charge in [0.15, 0.2) is 9.04 Å². The molecule has 1 amide bonds. The summed E-state index contributed by atoms with van der Waals surface area (Å²) >= 11 is 0. The Balaban J connectivity index is 2.42. The second-order valence-corrected chi connectivity index (χ2v) is 14.6. The Hall–Kier alpha value is -1.18. The van der Waals surface area contributed by atoms with Gasteiger partial charge in [-0.3, -0.25) is 4.79 Å². The van der Waals surface area contributed by atoms with Crippen molar-refractivity contribution in [1.29, 1.82) is 0 Å². The lowest BCUT2D eigenvalue weighted by molar-refractivity contribution is 0.0973. The minimum atomic E-state index is -2.20. The normalized spacial score (nSPS) is 14.5. The molecule has 0 heterocycles. The topological polar surface area (TPSA) is 38.3 Å². The number of allylic oxidation sites excluding steroid dienone is 1. The zero-order valence-electron chi connectivity index (χ0n) is 17.0. The SMILES string of the molecule is CCC1=Cc2cc(C(C)(C)C)cc(C(=O)N[Si](C)(C)O[Si](C)C)c2C1. The van der Waals surface area contributed by atoms with Crippen LogP contribution in [0.25, 0.3) is 6.08 Å². The van der Waals surface area contributed by atoms with Gasteiger partial charge >= 0.3 is 0 Å². The summed E-state index contributed by atoms with van der Waals surface area (Å²) in [5, 5.41) is 0. The van der Waals surface area contributed by atoms with E-state index in [2.05, 4.69) is 77.1 Å². The Morgan fingerprint density at radius 3 is 2.44 bits per heavy atom. The maximum absolute atomic E-state index is 13.1. The molecule has 2 rings (SSSR count). The highest BCUT2D eigenvalue weighted by molar-refractivity contribution is 6.77. The van der Waals surface area contributed by atoms with Crippen molar-refractivity contribution < 1.29 is 8.91 Å². The minimum absolute atomic E-state index is 0.0132. The molecule has 0 aliphatic heterocycles. The minimum Gasteiger partial charge on any atom is -0.441 e. The van der Waals surface area contributed by atoms with Crippen molar-refractivity contribution in [3.05, 3.63) is 40.0 Å². The lowest BCUT2D eigenvalue weighted by Gasteiger charge is -2.27. The van der Waals surface area contributed by atoms with Crippen molar-refractivity contribution in [1.82, 2.24) is 4.98 Å². The summed E-state index contributed by atoms with van der Waals surface area (Å²) < 4.78 is 6.08. The van der Waals surface area contributed by atoms with E-state index >= 15 is 0 Å². The summed E-state index contributed by atoms with van der Waals surface area (Å²) in [6.07, 6.45) is 4.18. The fourth-order valence-electron chi connectivity index (χ4n) is 3.26. The van der Waals surface area contributed by atoms with Crippen molar-refractivity contribution in [2.75, 3.05) is 0 Å². The molecule has 1 aliphatic rings. The van der Waals surface area contributed by atoms with Crippen LogP contribution >= 0.6 is 0 Å². The van der Waals surface area contributed by atoms with Gasteiger partial charge in [-0.2, -0.15) is 0 Å². The lowest BCUT2D eigenvalue weighted by atomic mass is 9.83. The molecule has 0 atom stereocenters. The summed E-state index contributed by atoms with van der Waals surface area (Å²) in [5.74, 6) is 0.0213. The summed E-state index contributed by atoms with van der Waals surface area (Å²) in [6.45, 7) is 17.1. The van der Waals surface area contributed by atoms with E-state index in [1.165, 1.54) is 22.3 Å². The van der Waals surface area contributed by atoms with Gasteiger partial charge in [0.25, 0.3) is 8.48 Å². The summed E-state index contributed by atoms with van der Waals surface area (Å²) in [5.41, 5.74) is 5.83. The van der Waals surface area contributed by atoms with E-state index in [0.29, 0.717) is 0 Å². The Bertz CT molecular complexity index is 700. The third kappa shape index (κ3) is 4.93. The fourth-order valence-corrected chi connectivity index (χ4v) is 8.23. The first-order valence-corrected chi connectivity index (χ1v) is 14.4. The van der Waals surface area contributed by atoms with E-state index in [-0.39, 0.29) is 11.3 Å². The van der Waals surface area contributed by atoms with Crippen LogP contribution in [0.3, 0.4) is 0 Å². The molecule has 1 aromatic rings. The van der Waals surface area contributed by atoms with E-state index in [9.17, 15) is 4.79 Å². The molecule has 0 fully saturated rings. The first-order chi connectivity index (χ1) is 11.4. The molecular formula is C20H32NO2Si2. The highest BCUT2D eigenvalue weighted by atomic mass is 28.4. The van der Waals surface area contributed by atoms with Gasteiger partial charge in [-0.05, 0) is 67.2 Å². The van der Waals surface area contributed by atoms with Crippen LogP contribution in [-0.2, 0) is 16.0 Å². The van der Waals surface area contributed by atoms with Crippen molar-refractivity contribution in [2.45, 2.75) is 72.1 Å². The first-order valence-electron chi connectivity index (χ1n) is 9.11. The monoisotopic (exact) mass is 374 g/mol. The van der Waals surface area contributed by atoms with Crippen LogP contribution in [-0.4, -0.2) is 23.4 Å². The number of rotatable bonds is 5. The quantitative estimate of drug-likeness (QED) is 0.734. The molecule has 0 unspecified atom stereocenters. The Morgan fingerprint density at radius 1 is 1.28 bits per heavy atom. The predicted octanol–water partition coefficient (Wildman–Crippen LogP) is 5.03. The van der Waals surface area contributed by atoms with Crippen LogP contribution in [0.15, 0.2) is 17.7 Å². The van der Waals surface area contributed by atoms with Crippen LogP contribution in [0.4, 0.5) is 0 Å². The van der Waals surface area contributed by atoms with Gasteiger partial charge in [0.2, 0.25) is 5.91 Å². The molecule has 3 nitrogen and oxygen atoms in total. The number of amides is 1. The van der Waals surface area contributed by atoms with Gasteiger partial charge < -0.3 is 9.10 Å². The fraction of sp³-hybridized carbons (Fsp3) is 0.550. The van der Waals surface area contributed by atoms with E-state index in [1.807, 2.05) is 0 Å². The molecule has 1 aromatic carbocycles. The van der Waals surface area contributed by atoms with Crippen molar-refractivity contribution in [3.63, 3.8) is 0 Å². The molecular weight excluding hydrogens is 342 g/mol. The number of hydrogen-bond acceptors (Lipinski definition) is 2. The van der Waals surface area contributed by atoms with Gasteiger partial charge in [-0.1, -0.05) is 45.4 Å². The average molecular weight is 375 g/mol. The van der Waals surface area contributed by atoms with E-state index in [4.69, 9.17) is 4.12 Å². The molecule has 0 saturated carbocycles. The van der Waals surface area contributed by atoms with Crippen LogP contribution < -0.4 is 4.98 Å². The number of nitrogens with one attached hydrogen (secondary N) is 1. The summed E-state index contributed by atoms with van der Waals surface area (Å²) in [7, 11) is -3.04. The maximum atomic E-state index is 13.1. The van der Waals surface area contributed by atoms with Crippen molar-refractivity contribution in [2.24, 2.45) is 0 Å². The highest BCUT2D eigenvalue weighted by Crippen LogP contribution is 2.34. The number of benzene rings is 1. The van der Waals surface area contributed by atoms with E-state index in [1.54, 1.807) is 0 Å². The molecule has 5 heteroatoms. The molecule has 25 heavy (non-hydrogen) atoms. The van der Waals surface area contributed by atoms with Gasteiger partial charge in [0, 0.05) is 5.56 Å². The van der Waals surface area contributed by atoms with Gasteiger partial charge in [0.1, 0.15) is 0 Å². The third-order valence-corrected chi connectivity index (χ3v) is 8.99. The average Bonchev–Trinajstić information content (AvgIpc) is 2.85. The Kier molecular flexibility index (Phi) is 5.81. The van der Waals surface area contributed by atoms with Crippen LogP contribution in [0.5, 0.6) is 0 Å².